The van der Waals surface area contributed by atoms with Crippen molar-refractivity contribution in [2.75, 3.05) is 0 Å². The fraction of sp³-hybridized carbons (Fsp3) is 0.0667. The third-order valence-corrected chi connectivity index (χ3v) is 2.81. The first kappa shape index (κ1) is 9.97. The molecule has 2 heterocycles. The zero-order valence-corrected chi connectivity index (χ0v) is 9.57. The highest BCUT2D eigenvalue weighted by Crippen LogP contribution is 2.32. The minimum atomic E-state index is 0.810. The van der Waals surface area contributed by atoms with E-state index in [1.807, 2.05) is 37.3 Å². The summed E-state index contributed by atoms with van der Waals surface area (Å²) >= 11 is 0. The highest BCUT2D eigenvalue weighted by Gasteiger charge is 2.10. The van der Waals surface area contributed by atoms with Crippen molar-refractivity contribution in [2.24, 2.45) is 0 Å². The van der Waals surface area contributed by atoms with E-state index < -0.39 is 0 Å². The highest BCUT2D eigenvalue weighted by molar-refractivity contribution is 5.94. The maximum Gasteiger partial charge on any atom is 0.134 e. The van der Waals surface area contributed by atoms with E-state index in [0.717, 1.165) is 33.4 Å². The predicted molar refractivity (Wildman–Crippen MR) is 68.6 cm³/mol. The molecule has 0 saturated carbocycles. The second kappa shape index (κ2) is 3.67. The molecule has 0 fully saturated rings. The van der Waals surface area contributed by atoms with Gasteiger partial charge < -0.3 is 8.83 Å². The molecule has 0 atom stereocenters. The van der Waals surface area contributed by atoms with Crippen LogP contribution in [0.3, 0.4) is 0 Å². The van der Waals surface area contributed by atoms with Crippen LogP contribution in [-0.2, 0) is 0 Å². The van der Waals surface area contributed by atoms with Gasteiger partial charge >= 0.3 is 0 Å². The zero-order chi connectivity index (χ0) is 11.8. The summed E-state index contributed by atoms with van der Waals surface area (Å²) in [6.07, 6.45) is 3.50. The topological polar surface area (TPSA) is 26.3 Å². The molecule has 84 valence electrons. The number of rotatable bonds is 2. The summed E-state index contributed by atoms with van der Waals surface area (Å²) in [5.41, 5.74) is 3.88. The average molecular weight is 224 g/mol. The Hall–Kier alpha value is -2.22. The van der Waals surface area contributed by atoms with Crippen LogP contribution in [0.2, 0.25) is 0 Å². The van der Waals surface area contributed by atoms with Crippen molar-refractivity contribution in [3.63, 3.8) is 0 Å². The van der Waals surface area contributed by atoms with E-state index >= 15 is 0 Å². The zero-order valence-electron chi connectivity index (χ0n) is 9.57. The lowest BCUT2D eigenvalue weighted by atomic mass is 10.1. The molecule has 2 heteroatoms. The van der Waals surface area contributed by atoms with Gasteiger partial charge in [-0.3, -0.25) is 0 Å². The molecule has 3 rings (SSSR count). The SMILES string of the molecule is C=C(C)c1cc(-c2coc3ccccc23)co1. The van der Waals surface area contributed by atoms with Crippen LogP contribution in [-0.4, -0.2) is 0 Å². The van der Waals surface area contributed by atoms with Crippen molar-refractivity contribution in [1.29, 1.82) is 0 Å². The fourth-order valence-electron chi connectivity index (χ4n) is 1.90. The molecule has 0 saturated heterocycles. The van der Waals surface area contributed by atoms with Gasteiger partial charge in [-0.05, 0) is 24.6 Å². The van der Waals surface area contributed by atoms with E-state index in [1.54, 1.807) is 12.5 Å². The van der Waals surface area contributed by atoms with Gasteiger partial charge in [0.15, 0.2) is 0 Å². The molecule has 0 aliphatic carbocycles. The summed E-state index contributed by atoms with van der Waals surface area (Å²) in [5.74, 6) is 0.810. The standard InChI is InChI=1S/C15H12O2/c1-10(2)15-7-11(8-16-15)13-9-17-14-6-4-3-5-12(13)14/h3-9H,1H2,2H3. The van der Waals surface area contributed by atoms with Gasteiger partial charge in [0, 0.05) is 16.5 Å². The summed E-state index contributed by atoms with van der Waals surface area (Å²) in [7, 11) is 0. The van der Waals surface area contributed by atoms with Gasteiger partial charge in [-0.2, -0.15) is 0 Å². The van der Waals surface area contributed by atoms with Gasteiger partial charge in [0.25, 0.3) is 0 Å². The third kappa shape index (κ3) is 1.58. The lowest BCUT2D eigenvalue weighted by molar-refractivity contribution is 0.553. The van der Waals surface area contributed by atoms with Gasteiger partial charge in [-0.1, -0.05) is 24.8 Å². The van der Waals surface area contributed by atoms with Crippen LogP contribution in [0.15, 0.2) is 58.3 Å². The molecule has 0 bridgehead atoms. The van der Waals surface area contributed by atoms with E-state index in [2.05, 4.69) is 6.58 Å². The van der Waals surface area contributed by atoms with E-state index in [1.165, 1.54) is 0 Å². The van der Waals surface area contributed by atoms with Gasteiger partial charge in [0.1, 0.15) is 11.3 Å². The van der Waals surface area contributed by atoms with Crippen molar-refractivity contribution < 1.29 is 8.83 Å². The highest BCUT2D eigenvalue weighted by atomic mass is 16.3. The molecule has 0 radical (unpaired) electrons. The first-order valence-electron chi connectivity index (χ1n) is 5.47. The first-order chi connectivity index (χ1) is 8.25. The summed E-state index contributed by atoms with van der Waals surface area (Å²) in [6.45, 7) is 5.79. The Morgan fingerprint density at radius 1 is 1.12 bits per heavy atom. The maximum absolute atomic E-state index is 5.51. The van der Waals surface area contributed by atoms with E-state index in [4.69, 9.17) is 8.83 Å². The summed E-state index contributed by atoms with van der Waals surface area (Å²) in [4.78, 5) is 0. The number of fused-ring (bicyclic) bond motifs is 1. The molecule has 17 heavy (non-hydrogen) atoms. The third-order valence-electron chi connectivity index (χ3n) is 2.81. The van der Waals surface area contributed by atoms with Crippen molar-refractivity contribution in [2.45, 2.75) is 6.92 Å². The predicted octanol–water partition coefficient (Wildman–Crippen LogP) is 4.73. The molecule has 0 N–H and O–H groups in total. The Bertz CT molecular complexity index is 686. The van der Waals surface area contributed by atoms with Gasteiger partial charge in [0.05, 0.1) is 12.5 Å². The molecule has 0 spiro atoms. The summed E-state index contributed by atoms with van der Waals surface area (Å²) < 4.78 is 11.0. The van der Waals surface area contributed by atoms with Crippen LogP contribution in [0.25, 0.3) is 27.7 Å². The second-order valence-electron chi connectivity index (χ2n) is 4.13. The fourth-order valence-corrected chi connectivity index (χ4v) is 1.90. The Balaban J connectivity index is 2.17. The Morgan fingerprint density at radius 3 is 2.71 bits per heavy atom. The smallest absolute Gasteiger partial charge is 0.134 e. The number of hydrogen-bond donors (Lipinski definition) is 0. The number of para-hydroxylation sites is 1. The second-order valence-corrected chi connectivity index (χ2v) is 4.13. The lowest BCUT2D eigenvalue weighted by Gasteiger charge is -1.91. The molecular weight excluding hydrogens is 212 g/mol. The van der Waals surface area contributed by atoms with Crippen LogP contribution < -0.4 is 0 Å². The van der Waals surface area contributed by atoms with Crippen LogP contribution >= 0.6 is 0 Å². The molecule has 0 aliphatic heterocycles. The number of hydrogen-bond acceptors (Lipinski definition) is 2. The summed E-state index contributed by atoms with van der Waals surface area (Å²) in [6, 6.07) is 9.95. The van der Waals surface area contributed by atoms with Gasteiger partial charge in [-0.25, -0.2) is 0 Å². The number of benzene rings is 1. The van der Waals surface area contributed by atoms with E-state index in [-0.39, 0.29) is 0 Å². The van der Waals surface area contributed by atoms with E-state index in [0.29, 0.717) is 0 Å². The van der Waals surface area contributed by atoms with Crippen molar-refractivity contribution in [1.82, 2.24) is 0 Å². The maximum atomic E-state index is 5.51. The average Bonchev–Trinajstić information content (AvgIpc) is 2.95. The Labute approximate surface area is 99.2 Å². The normalized spacial score (nSPS) is 10.9. The minimum Gasteiger partial charge on any atom is -0.464 e. The minimum absolute atomic E-state index is 0.810. The van der Waals surface area contributed by atoms with Crippen LogP contribution in [0, 0.1) is 0 Å². The molecule has 1 aromatic carbocycles. The van der Waals surface area contributed by atoms with Crippen molar-refractivity contribution >= 4 is 16.5 Å². The Morgan fingerprint density at radius 2 is 1.94 bits per heavy atom. The molecule has 2 aromatic heterocycles. The molecule has 3 aromatic rings. The summed E-state index contributed by atoms with van der Waals surface area (Å²) in [5, 5.41) is 1.10. The van der Waals surface area contributed by atoms with Crippen LogP contribution in [0.4, 0.5) is 0 Å². The Kier molecular flexibility index (Phi) is 2.15. The molecule has 2 nitrogen and oxygen atoms in total. The van der Waals surface area contributed by atoms with Gasteiger partial charge in [0.2, 0.25) is 0 Å². The van der Waals surface area contributed by atoms with Crippen LogP contribution in [0.1, 0.15) is 12.7 Å². The number of furan rings is 2. The molecular formula is C15H12O2. The van der Waals surface area contributed by atoms with Crippen molar-refractivity contribution in [3.8, 4) is 11.1 Å². The quantitative estimate of drug-likeness (QED) is 0.629. The first-order valence-corrected chi connectivity index (χ1v) is 5.47. The van der Waals surface area contributed by atoms with E-state index in [9.17, 15) is 0 Å². The molecule has 0 unspecified atom stereocenters. The largest absolute Gasteiger partial charge is 0.464 e. The van der Waals surface area contributed by atoms with Gasteiger partial charge in [-0.15, -0.1) is 0 Å². The molecule has 0 amide bonds. The van der Waals surface area contributed by atoms with Crippen LogP contribution in [0.5, 0.6) is 0 Å². The lowest BCUT2D eigenvalue weighted by Crippen LogP contribution is -1.71. The molecule has 0 aliphatic rings. The van der Waals surface area contributed by atoms with Crippen molar-refractivity contribution in [3.05, 3.63) is 55.2 Å². The number of allylic oxidation sites excluding steroid dienone is 1. The monoisotopic (exact) mass is 224 g/mol.